The molecule has 2 aliphatic carbocycles. The van der Waals surface area contributed by atoms with Gasteiger partial charge in [0.15, 0.2) is 0 Å². The van der Waals surface area contributed by atoms with Gasteiger partial charge in [0.05, 0.1) is 11.4 Å². The number of benzene rings is 1. The monoisotopic (exact) mass is 308 g/mol. The van der Waals surface area contributed by atoms with Crippen LogP contribution in [0.4, 0.5) is 0 Å². The third kappa shape index (κ3) is 3.74. The number of allylic oxidation sites excluding steroid dienone is 3. The first-order valence-electron chi connectivity index (χ1n) is 8.90. The minimum atomic E-state index is 0.306. The maximum atomic E-state index is 4.71. The van der Waals surface area contributed by atoms with Gasteiger partial charge < -0.3 is 5.32 Å². The Bertz CT molecular complexity index is 644. The zero-order valence-corrected chi connectivity index (χ0v) is 14.7. The second-order valence-electron chi connectivity index (χ2n) is 6.79. The smallest absolute Gasteiger partial charge is 0.0833 e. The van der Waals surface area contributed by atoms with Crippen LogP contribution in [-0.4, -0.2) is 12.8 Å². The second kappa shape index (κ2) is 7.16. The lowest BCUT2D eigenvalue weighted by atomic mass is 9.88. The number of aliphatic imine (C=N–C) groups is 1. The predicted molar refractivity (Wildman–Crippen MR) is 98.8 cm³/mol. The van der Waals surface area contributed by atoms with Gasteiger partial charge in [0.1, 0.15) is 0 Å². The highest BCUT2D eigenvalue weighted by Gasteiger charge is 2.26. The van der Waals surface area contributed by atoms with Crippen LogP contribution in [0.2, 0.25) is 0 Å². The second-order valence-corrected chi connectivity index (χ2v) is 6.79. The topological polar surface area (TPSA) is 24.4 Å². The van der Waals surface area contributed by atoms with E-state index in [1.807, 2.05) is 7.05 Å². The third-order valence-electron chi connectivity index (χ3n) is 5.00. The van der Waals surface area contributed by atoms with E-state index in [2.05, 4.69) is 49.5 Å². The zero-order valence-electron chi connectivity index (χ0n) is 14.7. The summed E-state index contributed by atoms with van der Waals surface area (Å²) in [6.07, 6.45) is 7.46. The Kier molecular flexibility index (Phi) is 5.00. The summed E-state index contributed by atoms with van der Waals surface area (Å²) < 4.78 is 0. The first kappa shape index (κ1) is 16.0. The molecule has 0 radical (unpaired) electrons. The summed E-state index contributed by atoms with van der Waals surface area (Å²) in [4.78, 5) is 4.71. The van der Waals surface area contributed by atoms with Crippen LogP contribution in [0.15, 0.2) is 57.7 Å². The number of nitrogens with one attached hydrogen (secondary N) is 1. The fraction of sp³-hybridized carbons (Fsp3) is 0.476. The van der Waals surface area contributed by atoms with Crippen molar-refractivity contribution in [3.63, 3.8) is 0 Å². The molecule has 0 saturated heterocycles. The van der Waals surface area contributed by atoms with Gasteiger partial charge in [0.2, 0.25) is 0 Å². The van der Waals surface area contributed by atoms with Crippen molar-refractivity contribution in [1.82, 2.24) is 5.32 Å². The molecule has 3 rings (SSSR count). The van der Waals surface area contributed by atoms with Crippen LogP contribution < -0.4 is 5.32 Å². The number of hydrogen-bond donors (Lipinski definition) is 1. The summed E-state index contributed by atoms with van der Waals surface area (Å²) in [5.41, 5.74) is 8.42. The highest BCUT2D eigenvalue weighted by Crippen LogP contribution is 2.36. The average Bonchev–Trinajstić information content (AvgIpc) is 3.41. The molecule has 1 aromatic rings. The van der Waals surface area contributed by atoms with Crippen LogP contribution in [0.5, 0.6) is 0 Å². The lowest BCUT2D eigenvalue weighted by Crippen LogP contribution is -2.26. The van der Waals surface area contributed by atoms with Crippen LogP contribution in [0, 0.1) is 0 Å². The lowest BCUT2D eigenvalue weighted by Gasteiger charge is -2.24. The average molecular weight is 308 g/mol. The van der Waals surface area contributed by atoms with Gasteiger partial charge in [-0.15, -0.1) is 0 Å². The van der Waals surface area contributed by atoms with Crippen molar-refractivity contribution < 1.29 is 0 Å². The first-order chi connectivity index (χ1) is 11.2. The van der Waals surface area contributed by atoms with E-state index < -0.39 is 0 Å². The number of hydrogen-bond acceptors (Lipinski definition) is 2. The molecule has 0 heterocycles. The molecule has 0 spiro atoms. The van der Waals surface area contributed by atoms with Gasteiger partial charge >= 0.3 is 0 Å². The molecule has 0 aromatic heterocycles. The predicted octanol–water partition coefficient (Wildman–Crippen LogP) is 5.35. The van der Waals surface area contributed by atoms with Gasteiger partial charge in [-0.3, -0.25) is 4.99 Å². The van der Waals surface area contributed by atoms with E-state index in [0.29, 0.717) is 6.04 Å². The number of rotatable bonds is 5. The summed E-state index contributed by atoms with van der Waals surface area (Å²) in [6, 6.07) is 11.0. The molecule has 1 unspecified atom stereocenters. The Labute approximate surface area is 140 Å². The minimum absolute atomic E-state index is 0.306. The molecule has 2 aliphatic rings. The highest BCUT2D eigenvalue weighted by atomic mass is 15.0. The molecule has 1 fully saturated rings. The Morgan fingerprint density at radius 3 is 2.35 bits per heavy atom. The quantitative estimate of drug-likeness (QED) is 0.729. The Morgan fingerprint density at radius 1 is 1.04 bits per heavy atom. The fourth-order valence-corrected chi connectivity index (χ4v) is 3.47. The standard InChI is InChI=1S/C21H28N2/c1-15-9-7-8-12-19(15)21(22-3)20(18-13-14-18)23-16(2)17-10-5-4-6-11-17/h4-6,10-11,16,23H,7-9,12-14H2,1-3H3. The van der Waals surface area contributed by atoms with Crippen molar-refractivity contribution in [2.45, 2.75) is 58.4 Å². The van der Waals surface area contributed by atoms with Crippen molar-refractivity contribution in [3.05, 3.63) is 58.3 Å². The van der Waals surface area contributed by atoms with Gasteiger partial charge in [-0.25, -0.2) is 0 Å². The fourth-order valence-electron chi connectivity index (χ4n) is 3.47. The SMILES string of the molecule is CN=C(C1=C(C)CCCC1)C(NC(C)c1ccccc1)=C1CC1. The van der Waals surface area contributed by atoms with E-state index >= 15 is 0 Å². The summed E-state index contributed by atoms with van der Waals surface area (Å²) in [5, 5.41) is 3.78. The lowest BCUT2D eigenvalue weighted by molar-refractivity contribution is 0.662. The molecule has 1 saturated carbocycles. The van der Waals surface area contributed by atoms with Crippen LogP contribution in [0.1, 0.15) is 64.0 Å². The van der Waals surface area contributed by atoms with Crippen molar-refractivity contribution in [1.29, 1.82) is 0 Å². The van der Waals surface area contributed by atoms with E-state index in [1.165, 1.54) is 66.6 Å². The van der Waals surface area contributed by atoms with E-state index in [0.717, 1.165) is 0 Å². The van der Waals surface area contributed by atoms with Gasteiger partial charge in [-0.05, 0) is 69.1 Å². The number of nitrogens with zero attached hydrogens (tertiary/aromatic N) is 1. The molecule has 0 bridgehead atoms. The van der Waals surface area contributed by atoms with E-state index in [4.69, 9.17) is 4.99 Å². The molecule has 23 heavy (non-hydrogen) atoms. The first-order valence-corrected chi connectivity index (χ1v) is 8.90. The molecule has 1 aromatic carbocycles. The van der Waals surface area contributed by atoms with Crippen molar-refractivity contribution in [3.8, 4) is 0 Å². The Hall–Kier alpha value is -1.83. The van der Waals surface area contributed by atoms with E-state index in [9.17, 15) is 0 Å². The summed E-state index contributed by atoms with van der Waals surface area (Å²) in [7, 11) is 1.95. The maximum absolute atomic E-state index is 4.71. The van der Waals surface area contributed by atoms with Crippen molar-refractivity contribution >= 4 is 5.71 Å². The van der Waals surface area contributed by atoms with Crippen LogP contribution in [0.3, 0.4) is 0 Å². The molecule has 1 atom stereocenters. The molecule has 122 valence electrons. The van der Waals surface area contributed by atoms with Crippen LogP contribution in [-0.2, 0) is 0 Å². The summed E-state index contributed by atoms with van der Waals surface area (Å²) >= 11 is 0. The van der Waals surface area contributed by atoms with Crippen LogP contribution in [0.25, 0.3) is 0 Å². The molecular formula is C21H28N2. The van der Waals surface area contributed by atoms with Gasteiger partial charge in [0, 0.05) is 13.1 Å². The largest absolute Gasteiger partial charge is 0.377 e. The van der Waals surface area contributed by atoms with Gasteiger partial charge in [0.25, 0.3) is 0 Å². The maximum Gasteiger partial charge on any atom is 0.0833 e. The van der Waals surface area contributed by atoms with Crippen molar-refractivity contribution in [2.24, 2.45) is 4.99 Å². The summed E-state index contributed by atoms with van der Waals surface area (Å²) in [6.45, 7) is 4.53. The molecule has 0 aliphatic heterocycles. The molecule has 2 heteroatoms. The molecule has 1 N–H and O–H groups in total. The minimum Gasteiger partial charge on any atom is -0.377 e. The van der Waals surface area contributed by atoms with Crippen molar-refractivity contribution in [2.75, 3.05) is 7.05 Å². The Balaban J connectivity index is 1.87. The zero-order chi connectivity index (χ0) is 16.2. The molecule has 0 amide bonds. The normalized spacial score (nSPS) is 19.6. The van der Waals surface area contributed by atoms with Crippen LogP contribution >= 0.6 is 0 Å². The summed E-state index contributed by atoms with van der Waals surface area (Å²) in [5.74, 6) is 0. The van der Waals surface area contributed by atoms with Gasteiger partial charge in [-0.2, -0.15) is 0 Å². The Morgan fingerprint density at radius 2 is 1.74 bits per heavy atom. The molecular weight excluding hydrogens is 280 g/mol. The third-order valence-corrected chi connectivity index (χ3v) is 5.00. The van der Waals surface area contributed by atoms with E-state index in [-0.39, 0.29) is 0 Å². The highest BCUT2D eigenvalue weighted by molar-refractivity contribution is 6.13. The molecule has 2 nitrogen and oxygen atoms in total. The van der Waals surface area contributed by atoms with Gasteiger partial charge in [-0.1, -0.05) is 35.9 Å². The van der Waals surface area contributed by atoms with E-state index in [1.54, 1.807) is 5.57 Å².